The van der Waals surface area contributed by atoms with E-state index in [0.29, 0.717) is 38.1 Å². The van der Waals surface area contributed by atoms with E-state index in [4.69, 9.17) is 9.47 Å². The minimum atomic E-state index is -0.328. The number of aryl methyl sites for hydroxylation is 2. The lowest BCUT2D eigenvalue weighted by atomic mass is 10.1. The van der Waals surface area contributed by atoms with Gasteiger partial charge in [-0.05, 0) is 37.1 Å². The molecule has 0 aliphatic carbocycles. The number of carbonyl (C=O) groups excluding carboxylic acids is 1. The van der Waals surface area contributed by atoms with Crippen LogP contribution in [0.15, 0.2) is 18.2 Å². The number of amides is 2. The molecule has 1 saturated heterocycles. The van der Waals surface area contributed by atoms with Gasteiger partial charge < -0.3 is 25.0 Å². The van der Waals surface area contributed by atoms with Gasteiger partial charge >= 0.3 is 12.0 Å². The Morgan fingerprint density at radius 1 is 1.19 bits per heavy atom. The largest absolute Gasteiger partial charge is 0.467 e. The van der Waals surface area contributed by atoms with Gasteiger partial charge in [-0.25, -0.2) is 4.79 Å². The number of hydrogen-bond acceptors (Lipinski definition) is 7. The first-order valence-electron chi connectivity index (χ1n) is 8.79. The molecule has 2 amide bonds. The summed E-state index contributed by atoms with van der Waals surface area (Å²) >= 11 is 0. The molecule has 0 bridgehead atoms. The van der Waals surface area contributed by atoms with E-state index >= 15 is 0 Å². The maximum Gasteiger partial charge on any atom is 0.321 e. The number of methoxy groups -OCH3 is 1. The molecular formula is C18H24N6O3. The van der Waals surface area contributed by atoms with Gasteiger partial charge in [0, 0.05) is 18.8 Å². The van der Waals surface area contributed by atoms with Crippen LogP contribution in [0.1, 0.15) is 17.0 Å². The fourth-order valence-electron chi connectivity index (χ4n) is 2.62. The molecule has 2 aromatic rings. The Labute approximate surface area is 158 Å². The first-order valence-corrected chi connectivity index (χ1v) is 8.79. The predicted octanol–water partition coefficient (Wildman–Crippen LogP) is 1.66. The Kier molecular flexibility index (Phi) is 6.02. The van der Waals surface area contributed by atoms with E-state index in [0.717, 1.165) is 11.3 Å². The smallest absolute Gasteiger partial charge is 0.321 e. The van der Waals surface area contributed by atoms with Crippen molar-refractivity contribution in [3.05, 3.63) is 35.2 Å². The summed E-state index contributed by atoms with van der Waals surface area (Å²) in [5, 5.41) is 5.57. The molecule has 3 rings (SSSR count). The Balaban J connectivity index is 1.63. The minimum absolute atomic E-state index is 0.160. The van der Waals surface area contributed by atoms with Gasteiger partial charge in [0.2, 0.25) is 5.95 Å². The van der Waals surface area contributed by atoms with Crippen LogP contribution >= 0.6 is 0 Å². The summed E-state index contributed by atoms with van der Waals surface area (Å²) in [6, 6.07) is 5.65. The molecule has 2 N–H and O–H groups in total. The van der Waals surface area contributed by atoms with Crippen LogP contribution in [-0.2, 0) is 11.3 Å². The summed E-state index contributed by atoms with van der Waals surface area (Å²) in [5.74, 6) is 0.954. The highest BCUT2D eigenvalue weighted by Gasteiger charge is 2.17. The third kappa shape index (κ3) is 5.04. The number of morpholine rings is 1. The van der Waals surface area contributed by atoms with Gasteiger partial charge in [-0.2, -0.15) is 15.0 Å². The van der Waals surface area contributed by atoms with Crippen molar-refractivity contribution in [1.29, 1.82) is 0 Å². The monoisotopic (exact) mass is 372 g/mol. The van der Waals surface area contributed by atoms with Crippen molar-refractivity contribution >= 4 is 17.7 Å². The standard InChI is InChI=1S/C18H24N6O3/c1-12-4-5-14(10-13(12)2)20-17(25)19-11-15-21-16(23-18(22-15)26-3)24-6-8-27-9-7-24/h4-5,10H,6-9,11H2,1-3H3,(H2,19,20,25). The molecule has 0 spiro atoms. The zero-order valence-corrected chi connectivity index (χ0v) is 15.8. The van der Waals surface area contributed by atoms with Crippen LogP contribution < -0.4 is 20.3 Å². The van der Waals surface area contributed by atoms with Crippen LogP contribution in [0.5, 0.6) is 6.01 Å². The number of ether oxygens (including phenoxy) is 2. The number of hydrogen-bond donors (Lipinski definition) is 2. The van der Waals surface area contributed by atoms with E-state index in [1.165, 1.54) is 12.7 Å². The summed E-state index contributed by atoms with van der Waals surface area (Å²) < 4.78 is 10.5. The highest BCUT2D eigenvalue weighted by molar-refractivity contribution is 5.89. The first-order chi connectivity index (χ1) is 13.0. The summed E-state index contributed by atoms with van der Waals surface area (Å²) in [6.07, 6.45) is 0. The lowest BCUT2D eigenvalue weighted by molar-refractivity contribution is 0.122. The molecule has 1 aromatic carbocycles. The number of benzene rings is 1. The summed E-state index contributed by atoms with van der Waals surface area (Å²) in [5.41, 5.74) is 3.02. The fraction of sp³-hybridized carbons (Fsp3) is 0.444. The van der Waals surface area contributed by atoms with Crippen molar-refractivity contribution in [3.63, 3.8) is 0 Å². The topological polar surface area (TPSA) is 102 Å². The number of nitrogens with one attached hydrogen (secondary N) is 2. The van der Waals surface area contributed by atoms with E-state index in [1.54, 1.807) is 0 Å². The molecule has 144 valence electrons. The van der Waals surface area contributed by atoms with E-state index in [-0.39, 0.29) is 18.6 Å². The average molecular weight is 372 g/mol. The van der Waals surface area contributed by atoms with Crippen LogP contribution in [-0.4, -0.2) is 54.4 Å². The maximum absolute atomic E-state index is 12.2. The average Bonchev–Trinajstić information content (AvgIpc) is 2.69. The molecule has 27 heavy (non-hydrogen) atoms. The molecule has 2 heterocycles. The molecular weight excluding hydrogens is 348 g/mol. The van der Waals surface area contributed by atoms with Crippen molar-refractivity contribution in [2.75, 3.05) is 43.6 Å². The maximum atomic E-state index is 12.2. The van der Waals surface area contributed by atoms with Crippen molar-refractivity contribution in [1.82, 2.24) is 20.3 Å². The van der Waals surface area contributed by atoms with Crippen molar-refractivity contribution < 1.29 is 14.3 Å². The Morgan fingerprint density at radius 2 is 1.96 bits per heavy atom. The summed E-state index contributed by atoms with van der Waals surface area (Å²) in [4.78, 5) is 27.1. The molecule has 0 radical (unpaired) electrons. The van der Waals surface area contributed by atoms with Crippen LogP contribution in [0.25, 0.3) is 0 Å². The molecule has 1 aliphatic heterocycles. The molecule has 1 fully saturated rings. The Morgan fingerprint density at radius 3 is 2.67 bits per heavy atom. The minimum Gasteiger partial charge on any atom is -0.467 e. The summed E-state index contributed by atoms with van der Waals surface area (Å²) in [6.45, 7) is 6.84. The van der Waals surface area contributed by atoms with Gasteiger partial charge in [0.1, 0.15) is 0 Å². The number of nitrogens with zero attached hydrogens (tertiary/aromatic N) is 4. The van der Waals surface area contributed by atoms with Gasteiger partial charge in [-0.15, -0.1) is 0 Å². The van der Waals surface area contributed by atoms with Gasteiger partial charge in [-0.1, -0.05) is 6.07 Å². The first kappa shape index (κ1) is 18.8. The molecule has 1 aliphatic rings. The highest BCUT2D eigenvalue weighted by atomic mass is 16.5. The molecule has 1 aromatic heterocycles. The van der Waals surface area contributed by atoms with Gasteiger partial charge in [0.05, 0.1) is 26.9 Å². The lowest BCUT2D eigenvalue weighted by Gasteiger charge is -2.26. The molecule has 0 atom stereocenters. The second-order valence-corrected chi connectivity index (χ2v) is 6.24. The Hall–Kier alpha value is -2.94. The number of rotatable bonds is 5. The second kappa shape index (κ2) is 8.63. The number of aromatic nitrogens is 3. The zero-order chi connectivity index (χ0) is 19.2. The quantitative estimate of drug-likeness (QED) is 0.823. The molecule has 9 heteroatoms. The van der Waals surface area contributed by atoms with Gasteiger partial charge in [0.25, 0.3) is 0 Å². The predicted molar refractivity (Wildman–Crippen MR) is 101 cm³/mol. The number of anilines is 2. The number of carbonyl (C=O) groups is 1. The SMILES string of the molecule is COc1nc(CNC(=O)Nc2ccc(C)c(C)c2)nc(N2CCOCC2)n1. The number of urea groups is 1. The Bertz CT molecular complexity index is 808. The van der Waals surface area contributed by atoms with E-state index in [2.05, 4.69) is 25.6 Å². The normalized spacial score (nSPS) is 14.0. The fourth-order valence-corrected chi connectivity index (χ4v) is 2.62. The van der Waals surface area contributed by atoms with E-state index in [1.807, 2.05) is 36.9 Å². The van der Waals surface area contributed by atoms with Crippen molar-refractivity contribution in [2.24, 2.45) is 0 Å². The molecule has 9 nitrogen and oxygen atoms in total. The lowest BCUT2D eigenvalue weighted by Crippen LogP contribution is -2.38. The van der Waals surface area contributed by atoms with Gasteiger partial charge in [0.15, 0.2) is 5.82 Å². The van der Waals surface area contributed by atoms with E-state index < -0.39 is 0 Å². The molecule has 0 saturated carbocycles. The van der Waals surface area contributed by atoms with Crippen LogP contribution in [0, 0.1) is 13.8 Å². The third-order valence-electron chi connectivity index (χ3n) is 4.30. The van der Waals surface area contributed by atoms with Crippen LogP contribution in [0.3, 0.4) is 0 Å². The summed E-state index contributed by atoms with van der Waals surface area (Å²) in [7, 11) is 1.50. The van der Waals surface area contributed by atoms with E-state index in [9.17, 15) is 4.79 Å². The van der Waals surface area contributed by atoms with Crippen molar-refractivity contribution in [2.45, 2.75) is 20.4 Å². The van der Waals surface area contributed by atoms with Crippen molar-refractivity contribution in [3.8, 4) is 6.01 Å². The highest BCUT2D eigenvalue weighted by Crippen LogP contribution is 2.15. The molecule has 0 unspecified atom stereocenters. The second-order valence-electron chi connectivity index (χ2n) is 6.24. The zero-order valence-electron chi connectivity index (χ0n) is 15.8. The van der Waals surface area contributed by atoms with Crippen LogP contribution in [0.2, 0.25) is 0 Å². The van der Waals surface area contributed by atoms with Crippen LogP contribution in [0.4, 0.5) is 16.4 Å². The van der Waals surface area contributed by atoms with Gasteiger partial charge in [-0.3, -0.25) is 0 Å². The third-order valence-corrected chi connectivity index (χ3v) is 4.30.